The van der Waals surface area contributed by atoms with Crippen molar-refractivity contribution in [2.45, 2.75) is 18.9 Å². The van der Waals surface area contributed by atoms with Crippen LogP contribution in [0.1, 0.15) is 18.9 Å². The van der Waals surface area contributed by atoms with Crippen LogP contribution in [0.5, 0.6) is 0 Å². The zero-order valence-electron chi connectivity index (χ0n) is 7.97. The number of nitrogens with zero attached hydrogens (tertiary/aromatic N) is 4. The first-order chi connectivity index (χ1) is 7.34. The monoisotopic (exact) mass is 264 g/mol. The summed E-state index contributed by atoms with van der Waals surface area (Å²) in [6.45, 7) is 0. The molecule has 5 heteroatoms. The first kappa shape index (κ1) is 9.03. The fourth-order valence-electron chi connectivity index (χ4n) is 1.55. The van der Waals surface area contributed by atoms with Crippen molar-refractivity contribution in [1.29, 1.82) is 0 Å². The molecule has 15 heavy (non-hydrogen) atoms. The van der Waals surface area contributed by atoms with E-state index in [1.165, 1.54) is 12.8 Å². The van der Waals surface area contributed by atoms with Gasteiger partial charge in [0.1, 0.15) is 12.0 Å². The standard InChI is InChI=1S/C10H9BrN4/c11-7-1-4-9(12-5-7)10-14-13-6-15(10)8-2-3-8/h1,4-6,8H,2-3H2. The molecule has 0 unspecified atom stereocenters. The average molecular weight is 265 g/mol. The Kier molecular flexibility index (Phi) is 2.05. The van der Waals surface area contributed by atoms with Crippen LogP contribution < -0.4 is 0 Å². The maximum Gasteiger partial charge on any atom is 0.182 e. The van der Waals surface area contributed by atoms with E-state index in [1.54, 1.807) is 12.5 Å². The van der Waals surface area contributed by atoms with Crippen LogP contribution in [0.15, 0.2) is 29.1 Å². The van der Waals surface area contributed by atoms with Crippen molar-refractivity contribution in [3.63, 3.8) is 0 Å². The molecule has 0 bridgehead atoms. The van der Waals surface area contributed by atoms with Gasteiger partial charge in [-0.2, -0.15) is 0 Å². The van der Waals surface area contributed by atoms with Gasteiger partial charge in [0.15, 0.2) is 5.82 Å². The molecule has 0 N–H and O–H groups in total. The highest BCUT2D eigenvalue weighted by Crippen LogP contribution is 2.37. The highest BCUT2D eigenvalue weighted by atomic mass is 79.9. The average Bonchev–Trinajstić information content (AvgIpc) is 2.98. The lowest BCUT2D eigenvalue weighted by molar-refractivity contribution is 0.744. The molecule has 0 radical (unpaired) electrons. The Morgan fingerprint density at radius 2 is 2.20 bits per heavy atom. The molecule has 3 rings (SSSR count). The molecule has 2 aromatic rings. The van der Waals surface area contributed by atoms with Gasteiger partial charge >= 0.3 is 0 Å². The first-order valence-electron chi connectivity index (χ1n) is 4.86. The minimum atomic E-state index is 0.584. The lowest BCUT2D eigenvalue weighted by Gasteiger charge is -2.03. The minimum Gasteiger partial charge on any atom is -0.309 e. The second kappa shape index (κ2) is 3.41. The molecule has 4 nitrogen and oxygen atoms in total. The normalized spacial score (nSPS) is 15.5. The van der Waals surface area contributed by atoms with Crippen molar-refractivity contribution in [2.24, 2.45) is 0 Å². The summed E-state index contributed by atoms with van der Waals surface area (Å²) in [4.78, 5) is 4.32. The Labute approximate surface area is 95.5 Å². The summed E-state index contributed by atoms with van der Waals surface area (Å²) >= 11 is 3.36. The summed E-state index contributed by atoms with van der Waals surface area (Å²) < 4.78 is 3.08. The quantitative estimate of drug-likeness (QED) is 0.837. The molecule has 0 aliphatic heterocycles. The Morgan fingerprint density at radius 3 is 2.87 bits per heavy atom. The summed E-state index contributed by atoms with van der Waals surface area (Å²) in [5.74, 6) is 0.866. The van der Waals surface area contributed by atoms with Crippen molar-refractivity contribution in [2.75, 3.05) is 0 Å². The van der Waals surface area contributed by atoms with E-state index >= 15 is 0 Å². The smallest absolute Gasteiger partial charge is 0.182 e. The van der Waals surface area contributed by atoms with E-state index in [9.17, 15) is 0 Å². The largest absolute Gasteiger partial charge is 0.309 e. The molecule has 1 aliphatic rings. The van der Waals surface area contributed by atoms with Crippen molar-refractivity contribution in [3.8, 4) is 11.5 Å². The molecule has 76 valence electrons. The van der Waals surface area contributed by atoms with E-state index in [0.29, 0.717) is 6.04 Å². The Bertz CT molecular complexity index is 472. The summed E-state index contributed by atoms with van der Waals surface area (Å²) in [6.07, 6.45) is 6.01. The minimum absolute atomic E-state index is 0.584. The SMILES string of the molecule is Brc1ccc(-c2nncn2C2CC2)nc1. The van der Waals surface area contributed by atoms with Gasteiger partial charge in [0.05, 0.1) is 0 Å². The van der Waals surface area contributed by atoms with Crippen LogP contribution in [-0.2, 0) is 0 Å². The molecule has 1 aliphatic carbocycles. The Balaban J connectivity index is 2.04. The lowest BCUT2D eigenvalue weighted by atomic mass is 10.3. The maximum atomic E-state index is 4.32. The molecule has 2 heterocycles. The van der Waals surface area contributed by atoms with Gasteiger partial charge in [-0.05, 0) is 40.9 Å². The number of halogens is 1. The van der Waals surface area contributed by atoms with Gasteiger partial charge in [-0.25, -0.2) is 0 Å². The fourth-order valence-corrected chi connectivity index (χ4v) is 1.79. The molecule has 0 atom stereocenters. The van der Waals surface area contributed by atoms with Crippen LogP contribution >= 0.6 is 15.9 Å². The Morgan fingerprint density at radius 1 is 1.33 bits per heavy atom. The summed E-state index contributed by atoms with van der Waals surface area (Å²) in [5, 5.41) is 8.06. The van der Waals surface area contributed by atoms with Crippen LogP contribution in [0, 0.1) is 0 Å². The van der Waals surface area contributed by atoms with Gasteiger partial charge in [0.2, 0.25) is 0 Å². The van der Waals surface area contributed by atoms with Crippen molar-refractivity contribution < 1.29 is 0 Å². The fraction of sp³-hybridized carbons (Fsp3) is 0.300. The number of hydrogen-bond acceptors (Lipinski definition) is 3. The topological polar surface area (TPSA) is 43.6 Å². The zero-order chi connectivity index (χ0) is 10.3. The van der Waals surface area contributed by atoms with Gasteiger partial charge in [0, 0.05) is 16.7 Å². The predicted octanol–water partition coefficient (Wildman–Crippen LogP) is 2.44. The third kappa shape index (κ3) is 1.67. The number of hydrogen-bond donors (Lipinski definition) is 0. The first-order valence-corrected chi connectivity index (χ1v) is 5.65. The van der Waals surface area contributed by atoms with Gasteiger partial charge in [-0.1, -0.05) is 0 Å². The molecule has 0 spiro atoms. The second-order valence-electron chi connectivity index (χ2n) is 3.65. The second-order valence-corrected chi connectivity index (χ2v) is 4.57. The van der Waals surface area contributed by atoms with Crippen LogP contribution in [0.3, 0.4) is 0 Å². The number of pyridine rings is 1. The lowest BCUT2D eigenvalue weighted by Crippen LogP contribution is -1.97. The van der Waals surface area contributed by atoms with Gasteiger partial charge in [-0.15, -0.1) is 10.2 Å². The number of aromatic nitrogens is 4. The maximum absolute atomic E-state index is 4.32. The molecular weight excluding hydrogens is 256 g/mol. The van der Waals surface area contributed by atoms with E-state index in [2.05, 4.69) is 35.7 Å². The molecular formula is C10H9BrN4. The molecule has 1 saturated carbocycles. The Hall–Kier alpha value is -1.23. The van der Waals surface area contributed by atoms with Gasteiger partial charge in [-0.3, -0.25) is 4.98 Å². The van der Waals surface area contributed by atoms with Crippen LogP contribution in [0.25, 0.3) is 11.5 Å². The van der Waals surface area contributed by atoms with E-state index in [4.69, 9.17) is 0 Å². The van der Waals surface area contributed by atoms with E-state index in [1.807, 2.05) is 12.1 Å². The molecule has 0 saturated heterocycles. The van der Waals surface area contributed by atoms with Crippen molar-refractivity contribution in [1.82, 2.24) is 19.7 Å². The predicted molar refractivity (Wildman–Crippen MR) is 59.2 cm³/mol. The van der Waals surface area contributed by atoms with E-state index in [0.717, 1.165) is 16.0 Å². The van der Waals surface area contributed by atoms with E-state index < -0.39 is 0 Å². The zero-order valence-corrected chi connectivity index (χ0v) is 9.55. The molecule has 0 aromatic carbocycles. The summed E-state index contributed by atoms with van der Waals surface area (Å²) in [6, 6.07) is 4.50. The van der Waals surface area contributed by atoms with Crippen LogP contribution in [0.2, 0.25) is 0 Å². The van der Waals surface area contributed by atoms with Gasteiger partial charge in [0.25, 0.3) is 0 Å². The van der Waals surface area contributed by atoms with Gasteiger partial charge < -0.3 is 4.57 Å². The highest BCUT2D eigenvalue weighted by molar-refractivity contribution is 9.10. The highest BCUT2D eigenvalue weighted by Gasteiger charge is 2.26. The van der Waals surface area contributed by atoms with Crippen molar-refractivity contribution in [3.05, 3.63) is 29.1 Å². The van der Waals surface area contributed by atoms with Crippen LogP contribution in [-0.4, -0.2) is 19.7 Å². The summed E-state index contributed by atoms with van der Waals surface area (Å²) in [5.41, 5.74) is 0.877. The number of rotatable bonds is 2. The van der Waals surface area contributed by atoms with Crippen molar-refractivity contribution >= 4 is 15.9 Å². The van der Waals surface area contributed by atoms with Crippen LogP contribution in [0.4, 0.5) is 0 Å². The third-order valence-electron chi connectivity index (χ3n) is 2.47. The van der Waals surface area contributed by atoms with E-state index in [-0.39, 0.29) is 0 Å². The molecule has 2 aromatic heterocycles. The molecule has 1 fully saturated rings. The third-order valence-corrected chi connectivity index (χ3v) is 2.94. The molecule has 0 amide bonds. The summed E-state index contributed by atoms with van der Waals surface area (Å²) in [7, 11) is 0.